The molecule has 54 heavy (non-hydrogen) atoms. The highest BCUT2D eigenvalue weighted by Gasteiger charge is 2.50. The normalized spacial score (nSPS) is 24.9. The predicted molar refractivity (Wildman–Crippen MR) is 181 cm³/mol. The van der Waals surface area contributed by atoms with E-state index in [0.29, 0.717) is 5.56 Å². The van der Waals surface area contributed by atoms with Gasteiger partial charge in [-0.2, -0.15) is 0 Å². The average Bonchev–Trinajstić information content (AvgIpc) is 3.49. The summed E-state index contributed by atoms with van der Waals surface area (Å²) in [4.78, 5) is 77.4. The van der Waals surface area contributed by atoms with E-state index in [2.05, 4.69) is 16.0 Å². The predicted octanol–water partition coefficient (Wildman–Crippen LogP) is -3.18. The van der Waals surface area contributed by atoms with Crippen molar-refractivity contribution in [3.63, 3.8) is 0 Å². The number of esters is 2. The first-order chi connectivity index (χ1) is 25.3. The number of aromatic hydroxyl groups is 1. The fourth-order valence-electron chi connectivity index (χ4n) is 5.23. The Morgan fingerprint density at radius 1 is 0.926 bits per heavy atom. The second-order valence-corrected chi connectivity index (χ2v) is 13.1. The number of carboxylic acid groups (broad SMARTS) is 1. The zero-order chi connectivity index (χ0) is 40.6. The maximum absolute atomic E-state index is 13.7. The Kier molecular flexibility index (Phi) is 15.0. The van der Waals surface area contributed by atoms with Crippen LogP contribution in [0.15, 0.2) is 36.0 Å². The number of aliphatic hydroxyl groups is 5. The van der Waals surface area contributed by atoms with Crippen LogP contribution in [0.3, 0.4) is 0 Å². The highest BCUT2D eigenvalue weighted by Crippen LogP contribution is 2.27. The van der Waals surface area contributed by atoms with Gasteiger partial charge >= 0.3 is 17.9 Å². The number of hydrogen-bond donors (Lipinski definition) is 10. The number of carbonyl (C=O) groups excluding carboxylic acids is 5. The van der Waals surface area contributed by atoms with Crippen molar-refractivity contribution in [2.24, 2.45) is 11.8 Å². The van der Waals surface area contributed by atoms with Crippen LogP contribution in [-0.4, -0.2) is 146 Å². The number of phenols is 1. The van der Waals surface area contributed by atoms with Gasteiger partial charge in [0.1, 0.15) is 48.8 Å². The molecule has 2 amide bonds. The number of rotatable bonds is 17. The van der Waals surface area contributed by atoms with E-state index in [1.54, 1.807) is 0 Å². The van der Waals surface area contributed by atoms with Gasteiger partial charge in [0.15, 0.2) is 41.8 Å². The minimum absolute atomic E-state index is 0.123. The van der Waals surface area contributed by atoms with Gasteiger partial charge in [-0.1, -0.05) is 33.8 Å². The second-order valence-electron chi connectivity index (χ2n) is 13.1. The third-order valence-corrected chi connectivity index (χ3v) is 8.38. The van der Waals surface area contributed by atoms with Crippen molar-refractivity contribution in [1.82, 2.24) is 16.0 Å². The Morgan fingerprint density at radius 2 is 1.56 bits per heavy atom. The summed E-state index contributed by atoms with van der Waals surface area (Å²) in [6.07, 6.45) is -10.6. The van der Waals surface area contributed by atoms with E-state index in [4.69, 9.17) is 18.9 Å². The number of methoxy groups -OCH3 is 1. The van der Waals surface area contributed by atoms with E-state index < -0.39 is 121 Å². The van der Waals surface area contributed by atoms with Crippen LogP contribution in [0.2, 0.25) is 0 Å². The summed E-state index contributed by atoms with van der Waals surface area (Å²) in [6, 6.07) is -0.800. The van der Waals surface area contributed by atoms with E-state index in [0.717, 1.165) is 12.2 Å². The van der Waals surface area contributed by atoms with Crippen LogP contribution in [0.5, 0.6) is 11.5 Å². The number of nitrogens with one attached hydrogen (secondary N) is 3. The number of ketones is 1. The molecule has 0 aromatic heterocycles. The summed E-state index contributed by atoms with van der Waals surface area (Å²) in [5.41, 5.74) is -0.131. The number of amides is 2. The van der Waals surface area contributed by atoms with Crippen molar-refractivity contribution >= 4 is 41.6 Å². The largest absolute Gasteiger partial charge is 0.504 e. The number of hydrogen-bond acceptors (Lipinski definition) is 17. The van der Waals surface area contributed by atoms with Crippen LogP contribution in [-0.2, 0) is 43.0 Å². The quantitative estimate of drug-likeness (QED) is 0.0424. The highest BCUT2D eigenvalue weighted by molar-refractivity contribution is 6.09. The van der Waals surface area contributed by atoms with Gasteiger partial charge in [0.05, 0.1) is 7.11 Å². The molecule has 1 aromatic rings. The number of ether oxygens (including phenoxy) is 4. The molecule has 0 spiro atoms. The molecule has 3 rings (SSSR count). The van der Waals surface area contributed by atoms with E-state index in [1.807, 2.05) is 0 Å². The molecule has 10 N–H and O–H groups in total. The fourth-order valence-corrected chi connectivity index (χ4v) is 5.23. The highest BCUT2D eigenvalue weighted by atomic mass is 16.6. The van der Waals surface area contributed by atoms with Crippen LogP contribution in [0.1, 0.15) is 33.3 Å². The van der Waals surface area contributed by atoms with Gasteiger partial charge in [-0.05, 0) is 41.7 Å². The standard InChI is InChI=1S/C34H45N3O17/c1-13(2)22(30(45)37-23(14(3)4)32(47)48)36-31(46)24(25(41)29-27(43)26(42)28(44)34(50)54-29)35-16-11-20(53-33(16)49)18(39)12-52-21(40)9-7-15-6-8-17(38)19(10-15)51-5/h6-11,13-14,18,20,22-24,26-29,34-35,38-39,42-44,50H,12H2,1-5H3,(H,36,46)(H,37,45)(H,47,48)/b9-7+/t18?,20?,22-,23-,24?,26-,27+,28+,29+,34+/m0/s1. The second kappa shape index (κ2) is 18.8. The summed E-state index contributed by atoms with van der Waals surface area (Å²) >= 11 is 0. The molecular formula is C34H45N3O17. The topological polar surface area (TPSA) is 317 Å². The molecule has 0 radical (unpaired) electrons. The molecule has 2 aliphatic heterocycles. The first-order valence-electron chi connectivity index (χ1n) is 16.6. The monoisotopic (exact) mass is 767 g/mol. The molecule has 2 aliphatic rings. The van der Waals surface area contributed by atoms with Gasteiger partial charge in [-0.25, -0.2) is 14.4 Å². The SMILES string of the molecule is COc1cc(/C=C/C(=O)OCC(O)C2C=C(NC(C(=O)N[C@H](C(=O)N[C@H](C(=O)O)C(C)C)C(C)C)C(=O)[C@H]3O[C@@H](O)[C@H](O)[C@@H](O)[C@H]3O)C(=O)O2)ccc1O. The average molecular weight is 768 g/mol. The van der Waals surface area contributed by atoms with Crippen LogP contribution < -0.4 is 20.7 Å². The molecule has 0 bridgehead atoms. The number of benzene rings is 1. The molecule has 298 valence electrons. The van der Waals surface area contributed by atoms with E-state index in [1.165, 1.54) is 59.1 Å². The lowest BCUT2D eigenvalue weighted by Gasteiger charge is -2.38. The van der Waals surface area contributed by atoms with E-state index >= 15 is 0 Å². The third kappa shape index (κ3) is 10.7. The number of aliphatic hydroxyl groups excluding tert-OH is 5. The summed E-state index contributed by atoms with van der Waals surface area (Å²) in [6.45, 7) is 5.36. The Morgan fingerprint density at radius 3 is 2.15 bits per heavy atom. The van der Waals surface area contributed by atoms with Gasteiger partial charge in [0.25, 0.3) is 5.91 Å². The number of carbonyl (C=O) groups is 6. The van der Waals surface area contributed by atoms with Gasteiger partial charge in [0.2, 0.25) is 5.91 Å². The maximum Gasteiger partial charge on any atom is 0.354 e. The smallest absolute Gasteiger partial charge is 0.354 e. The number of carboxylic acids is 1. The van der Waals surface area contributed by atoms with Crippen molar-refractivity contribution < 1.29 is 83.5 Å². The van der Waals surface area contributed by atoms with Crippen LogP contribution in [0.25, 0.3) is 6.08 Å². The number of cyclic esters (lactones) is 1. The molecule has 20 nitrogen and oxygen atoms in total. The number of aliphatic carboxylic acids is 1. The van der Waals surface area contributed by atoms with Crippen LogP contribution in [0, 0.1) is 11.8 Å². The van der Waals surface area contributed by atoms with Crippen molar-refractivity contribution in [3.05, 3.63) is 41.6 Å². The van der Waals surface area contributed by atoms with Crippen LogP contribution >= 0.6 is 0 Å². The summed E-state index contributed by atoms with van der Waals surface area (Å²) < 4.78 is 20.1. The van der Waals surface area contributed by atoms with E-state index in [9.17, 15) is 64.5 Å². The lowest BCUT2D eigenvalue weighted by atomic mass is 9.92. The Hall–Kier alpha value is -5.12. The summed E-state index contributed by atoms with van der Waals surface area (Å²) in [5.74, 6) is -8.39. The Balaban J connectivity index is 1.82. The number of phenolic OH excluding ortho intramolecular Hbond substituents is 1. The molecule has 1 fully saturated rings. The zero-order valence-corrected chi connectivity index (χ0v) is 29.8. The summed E-state index contributed by atoms with van der Waals surface area (Å²) in [7, 11) is 1.34. The molecular weight excluding hydrogens is 722 g/mol. The zero-order valence-electron chi connectivity index (χ0n) is 29.8. The number of Topliss-reactive ketones (excluding diaryl/α,β-unsaturated/α-hetero) is 1. The molecule has 1 aromatic carbocycles. The van der Waals surface area contributed by atoms with Crippen molar-refractivity contribution in [1.29, 1.82) is 0 Å². The molecule has 1 saturated heterocycles. The van der Waals surface area contributed by atoms with Crippen molar-refractivity contribution in [3.8, 4) is 11.5 Å². The molecule has 20 heteroatoms. The van der Waals surface area contributed by atoms with E-state index in [-0.39, 0.29) is 11.5 Å². The third-order valence-electron chi connectivity index (χ3n) is 8.38. The lowest BCUT2D eigenvalue weighted by molar-refractivity contribution is -0.275. The summed E-state index contributed by atoms with van der Waals surface area (Å²) in [5, 5.41) is 77.4. The fraction of sp³-hybridized carbons (Fsp3) is 0.529. The van der Waals surface area contributed by atoms with Crippen LogP contribution in [0.4, 0.5) is 0 Å². The first kappa shape index (κ1) is 43.3. The first-order valence-corrected chi connectivity index (χ1v) is 16.6. The van der Waals surface area contributed by atoms with Gasteiger partial charge in [-0.15, -0.1) is 0 Å². The van der Waals surface area contributed by atoms with Crippen molar-refractivity contribution in [2.75, 3.05) is 13.7 Å². The lowest BCUT2D eigenvalue weighted by Crippen LogP contribution is -2.65. The molecule has 3 unspecified atom stereocenters. The molecule has 2 heterocycles. The Bertz CT molecular complexity index is 1630. The minimum atomic E-state index is -2.25. The minimum Gasteiger partial charge on any atom is -0.504 e. The Labute approximate surface area is 308 Å². The molecule has 0 aliphatic carbocycles. The van der Waals surface area contributed by atoms with Gasteiger partial charge < -0.3 is 70.6 Å². The maximum atomic E-state index is 13.7. The van der Waals surface area contributed by atoms with Gasteiger partial charge in [-0.3, -0.25) is 14.4 Å². The van der Waals surface area contributed by atoms with Crippen molar-refractivity contribution in [2.45, 2.75) is 88.7 Å². The molecule has 0 saturated carbocycles. The molecule has 10 atom stereocenters. The van der Waals surface area contributed by atoms with Gasteiger partial charge in [0, 0.05) is 6.08 Å².